The highest BCUT2D eigenvalue weighted by molar-refractivity contribution is 5.57. The molecule has 0 atom stereocenters. The molecule has 1 radical (unpaired) electrons. The van der Waals surface area contributed by atoms with Gasteiger partial charge in [-0.2, -0.15) is 0 Å². The van der Waals surface area contributed by atoms with Gasteiger partial charge in [0.2, 0.25) is 0 Å². The maximum atomic E-state index is 10.9. The molecule has 0 bridgehead atoms. The van der Waals surface area contributed by atoms with Crippen LogP contribution in [0.25, 0.3) is 0 Å². The minimum atomic E-state index is -0.396. The van der Waals surface area contributed by atoms with E-state index in [1.165, 1.54) is 0 Å². The summed E-state index contributed by atoms with van der Waals surface area (Å²) in [5.74, 6) is 1.24. The third-order valence-corrected chi connectivity index (χ3v) is 2.02. The first-order chi connectivity index (χ1) is 7.07. The molecule has 1 aromatic rings. The van der Waals surface area contributed by atoms with Crippen LogP contribution in [0.5, 0.6) is 5.75 Å². The molecule has 0 saturated carbocycles. The van der Waals surface area contributed by atoms with E-state index in [9.17, 15) is 10.1 Å². The molecule has 4 nitrogen and oxygen atoms in total. The van der Waals surface area contributed by atoms with Crippen molar-refractivity contribution in [1.82, 2.24) is 0 Å². The Bertz CT molecular complexity index is 361. The molecule has 1 aromatic carbocycles. The molecule has 0 N–H and O–H groups in total. The van der Waals surface area contributed by atoms with Gasteiger partial charge in [0, 0.05) is 11.5 Å². The van der Waals surface area contributed by atoms with Gasteiger partial charge in [-0.3, -0.25) is 10.1 Å². The summed E-state index contributed by atoms with van der Waals surface area (Å²) in [7, 11) is 0. The summed E-state index contributed by atoms with van der Waals surface area (Å²) in [6.07, 6.45) is 0. The number of nitrogens with zero attached hydrogens (tertiary/aromatic N) is 1. The third-order valence-electron chi connectivity index (χ3n) is 2.02. The van der Waals surface area contributed by atoms with Gasteiger partial charge in [-0.25, -0.2) is 0 Å². The molecule has 0 amide bonds. The second-order valence-corrected chi connectivity index (χ2v) is 3.34. The zero-order valence-electron chi connectivity index (χ0n) is 9.11. The average molecular weight is 208 g/mol. The molecule has 0 aliphatic heterocycles. The molecule has 0 aromatic heterocycles. The standard InChI is InChI=1S/C11H14NO3/c1-4-15-10-7-5-6-9(8(2)3)11(10)12(13)14/h5-7H,4H2,1-3H3. The molecule has 15 heavy (non-hydrogen) atoms. The Labute approximate surface area is 89.0 Å². The lowest BCUT2D eigenvalue weighted by atomic mass is 10.0. The zero-order valence-corrected chi connectivity index (χ0v) is 9.11. The first-order valence-corrected chi connectivity index (χ1v) is 4.78. The van der Waals surface area contributed by atoms with E-state index in [0.717, 1.165) is 5.92 Å². The van der Waals surface area contributed by atoms with E-state index >= 15 is 0 Å². The molecule has 81 valence electrons. The lowest BCUT2D eigenvalue weighted by Gasteiger charge is -2.09. The highest BCUT2D eigenvalue weighted by Gasteiger charge is 2.22. The summed E-state index contributed by atoms with van der Waals surface area (Å²) in [6, 6.07) is 5.12. The van der Waals surface area contributed by atoms with Gasteiger partial charge < -0.3 is 4.74 Å². The molecule has 0 fully saturated rings. The highest BCUT2D eigenvalue weighted by Crippen LogP contribution is 2.34. The van der Waals surface area contributed by atoms with Gasteiger partial charge in [0.15, 0.2) is 5.75 Å². The van der Waals surface area contributed by atoms with Crippen LogP contribution in [0.2, 0.25) is 0 Å². The summed E-state index contributed by atoms with van der Waals surface area (Å²) in [4.78, 5) is 10.5. The number of hydrogen-bond donors (Lipinski definition) is 0. The fraction of sp³-hybridized carbons (Fsp3) is 0.364. The highest BCUT2D eigenvalue weighted by atomic mass is 16.6. The third kappa shape index (κ3) is 2.46. The molecule has 0 aliphatic rings. The number of para-hydroxylation sites is 1. The smallest absolute Gasteiger partial charge is 0.314 e. The number of ether oxygens (including phenoxy) is 1. The van der Waals surface area contributed by atoms with Crippen LogP contribution in [0.4, 0.5) is 5.69 Å². The molecule has 1 rings (SSSR count). The van der Waals surface area contributed by atoms with Crippen LogP contribution in [0, 0.1) is 16.0 Å². The Balaban J connectivity index is 3.28. The van der Waals surface area contributed by atoms with Crippen molar-refractivity contribution in [3.05, 3.63) is 39.8 Å². The maximum absolute atomic E-state index is 10.9. The van der Waals surface area contributed by atoms with Crippen LogP contribution >= 0.6 is 0 Å². The number of nitro benzene ring substituents is 1. The van der Waals surface area contributed by atoms with Crippen molar-refractivity contribution < 1.29 is 9.66 Å². The summed E-state index contributed by atoms with van der Waals surface area (Å²) in [5.41, 5.74) is 0.685. The lowest BCUT2D eigenvalue weighted by molar-refractivity contribution is -0.386. The number of hydrogen-bond acceptors (Lipinski definition) is 3. The Hall–Kier alpha value is -1.58. The molecule has 0 aliphatic carbocycles. The van der Waals surface area contributed by atoms with Crippen molar-refractivity contribution in [2.45, 2.75) is 20.8 Å². The number of benzene rings is 1. The molecule has 4 heteroatoms. The maximum Gasteiger partial charge on any atom is 0.314 e. The monoisotopic (exact) mass is 208 g/mol. The van der Waals surface area contributed by atoms with E-state index in [4.69, 9.17) is 4.74 Å². The summed E-state index contributed by atoms with van der Waals surface area (Å²) < 4.78 is 5.23. The normalized spacial score (nSPS) is 10.4. The van der Waals surface area contributed by atoms with E-state index in [2.05, 4.69) is 0 Å². The topological polar surface area (TPSA) is 52.4 Å². The first kappa shape index (κ1) is 11.5. The van der Waals surface area contributed by atoms with Crippen LogP contribution < -0.4 is 4.74 Å². The largest absolute Gasteiger partial charge is 0.487 e. The Morgan fingerprint density at radius 1 is 1.47 bits per heavy atom. The van der Waals surface area contributed by atoms with Crippen molar-refractivity contribution in [2.75, 3.05) is 6.61 Å². The fourth-order valence-electron chi connectivity index (χ4n) is 1.39. The van der Waals surface area contributed by atoms with Gasteiger partial charge in [-0.15, -0.1) is 0 Å². The van der Waals surface area contributed by atoms with E-state index in [1.54, 1.807) is 25.1 Å². The van der Waals surface area contributed by atoms with Gasteiger partial charge >= 0.3 is 5.69 Å². The van der Waals surface area contributed by atoms with Crippen molar-refractivity contribution in [1.29, 1.82) is 0 Å². The molecular formula is C11H14NO3. The van der Waals surface area contributed by atoms with Crippen molar-refractivity contribution in [3.63, 3.8) is 0 Å². The molecule has 0 saturated heterocycles. The minimum absolute atomic E-state index is 0.0550. The second-order valence-electron chi connectivity index (χ2n) is 3.34. The van der Waals surface area contributed by atoms with E-state index in [1.807, 2.05) is 13.8 Å². The molecule has 0 unspecified atom stereocenters. The van der Waals surface area contributed by atoms with Gasteiger partial charge in [-0.1, -0.05) is 26.0 Å². The predicted octanol–water partition coefficient (Wildman–Crippen LogP) is 2.96. The van der Waals surface area contributed by atoms with Crippen molar-refractivity contribution in [3.8, 4) is 5.75 Å². The van der Waals surface area contributed by atoms with E-state index in [0.29, 0.717) is 17.9 Å². The predicted molar refractivity (Wildman–Crippen MR) is 58.0 cm³/mol. The Morgan fingerprint density at radius 2 is 2.13 bits per heavy atom. The fourth-order valence-corrected chi connectivity index (χ4v) is 1.39. The van der Waals surface area contributed by atoms with Crippen molar-refractivity contribution in [2.24, 2.45) is 0 Å². The van der Waals surface area contributed by atoms with Crippen LogP contribution in [0.3, 0.4) is 0 Å². The molecular weight excluding hydrogens is 194 g/mol. The van der Waals surface area contributed by atoms with Crippen LogP contribution in [-0.4, -0.2) is 11.5 Å². The van der Waals surface area contributed by atoms with Crippen LogP contribution in [0.1, 0.15) is 26.3 Å². The molecule has 0 heterocycles. The van der Waals surface area contributed by atoms with Crippen molar-refractivity contribution >= 4 is 5.69 Å². The number of nitro groups is 1. The van der Waals surface area contributed by atoms with Gasteiger partial charge in [-0.05, 0) is 13.0 Å². The van der Waals surface area contributed by atoms with Gasteiger partial charge in [0.1, 0.15) is 0 Å². The molecule has 0 spiro atoms. The van der Waals surface area contributed by atoms with Gasteiger partial charge in [0.25, 0.3) is 0 Å². The van der Waals surface area contributed by atoms with E-state index < -0.39 is 4.92 Å². The second kappa shape index (κ2) is 4.77. The van der Waals surface area contributed by atoms with Crippen LogP contribution in [-0.2, 0) is 0 Å². The van der Waals surface area contributed by atoms with E-state index in [-0.39, 0.29) is 5.69 Å². The number of rotatable bonds is 4. The quantitative estimate of drug-likeness (QED) is 0.564. The Morgan fingerprint density at radius 3 is 2.60 bits per heavy atom. The average Bonchev–Trinajstić information content (AvgIpc) is 2.17. The lowest BCUT2D eigenvalue weighted by Crippen LogP contribution is -2.02. The summed E-state index contributed by atoms with van der Waals surface area (Å²) in [6.45, 7) is 5.92. The first-order valence-electron chi connectivity index (χ1n) is 4.78. The summed E-state index contributed by atoms with van der Waals surface area (Å²) in [5, 5.41) is 10.9. The minimum Gasteiger partial charge on any atom is -0.487 e. The SMILES string of the molecule is CCOc1cccc([C](C)C)c1[N+](=O)[O-]. The Kier molecular flexibility index (Phi) is 3.66. The summed E-state index contributed by atoms with van der Waals surface area (Å²) >= 11 is 0. The van der Waals surface area contributed by atoms with Crippen LogP contribution in [0.15, 0.2) is 18.2 Å². The van der Waals surface area contributed by atoms with Gasteiger partial charge in [0.05, 0.1) is 11.5 Å². The zero-order chi connectivity index (χ0) is 11.4.